The lowest BCUT2D eigenvalue weighted by Gasteiger charge is -2.39. The van der Waals surface area contributed by atoms with E-state index in [4.69, 9.17) is 0 Å². The highest BCUT2D eigenvalue weighted by Gasteiger charge is 2.51. The van der Waals surface area contributed by atoms with Crippen LogP contribution in [0.3, 0.4) is 0 Å². The number of nitrogens with one attached hydrogen (secondary N) is 1. The molecule has 0 spiro atoms. The van der Waals surface area contributed by atoms with Crippen LogP contribution >= 0.6 is 11.3 Å². The van der Waals surface area contributed by atoms with Crippen LogP contribution in [0.2, 0.25) is 0 Å². The zero-order valence-corrected chi connectivity index (χ0v) is 14.1. The number of hydrogen-bond acceptors (Lipinski definition) is 5. The number of likely N-dealkylation sites (tertiary alicyclic amines) is 1. The Morgan fingerprint density at radius 1 is 1.50 bits per heavy atom. The standard InChI is InChI=1S/C15H22N4O2S/c1-10-16-12(9-22-10)8-19-6-4-5-11(7-19)15(2)13(20)18(3)14(21)17-15/h9,11H,4-8H2,1-3H3,(H,17,21)/t11-,15+/m1/s1. The summed E-state index contributed by atoms with van der Waals surface area (Å²) in [7, 11) is 1.54. The highest BCUT2D eigenvalue weighted by atomic mass is 32.1. The number of likely N-dealkylation sites (N-methyl/N-ethyl adjacent to an activating group) is 1. The Morgan fingerprint density at radius 2 is 2.27 bits per heavy atom. The van der Waals surface area contributed by atoms with Gasteiger partial charge in [-0.1, -0.05) is 0 Å². The van der Waals surface area contributed by atoms with E-state index in [1.165, 1.54) is 4.90 Å². The van der Waals surface area contributed by atoms with E-state index in [9.17, 15) is 9.59 Å². The third-order valence-electron chi connectivity index (χ3n) is 4.79. The van der Waals surface area contributed by atoms with Crippen molar-refractivity contribution >= 4 is 23.3 Å². The summed E-state index contributed by atoms with van der Waals surface area (Å²) in [6, 6.07) is -0.292. The predicted octanol–water partition coefficient (Wildman–Crippen LogP) is 1.60. The Balaban J connectivity index is 1.70. The number of carbonyl (C=O) groups is 2. The van der Waals surface area contributed by atoms with Crippen molar-refractivity contribution in [2.24, 2.45) is 5.92 Å². The van der Waals surface area contributed by atoms with Gasteiger partial charge in [0, 0.05) is 31.4 Å². The van der Waals surface area contributed by atoms with Crippen LogP contribution in [0.5, 0.6) is 0 Å². The van der Waals surface area contributed by atoms with Crippen LogP contribution in [0, 0.1) is 12.8 Å². The molecule has 3 rings (SSSR count). The molecule has 120 valence electrons. The van der Waals surface area contributed by atoms with Crippen molar-refractivity contribution < 1.29 is 9.59 Å². The van der Waals surface area contributed by atoms with Gasteiger partial charge in [-0.3, -0.25) is 14.6 Å². The molecule has 2 aliphatic heterocycles. The van der Waals surface area contributed by atoms with Crippen molar-refractivity contribution in [3.05, 3.63) is 16.1 Å². The minimum atomic E-state index is -0.775. The molecule has 0 unspecified atom stereocenters. The van der Waals surface area contributed by atoms with E-state index in [1.807, 2.05) is 13.8 Å². The average molecular weight is 322 g/mol. The van der Waals surface area contributed by atoms with Gasteiger partial charge >= 0.3 is 6.03 Å². The van der Waals surface area contributed by atoms with Gasteiger partial charge in [0.1, 0.15) is 5.54 Å². The summed E-state index contributed by atoms with van der Waals surface area (Å²) in [6.07, 6.45) is 2.00. The molecule has 6 nitrogen and oxygen atoms in total. The lowest BCUT2D eigenvalue weighted by atomic mass is 9.80. The van der Waals surface area contributed by atoms with Crippen molar-refractivity contribution in [2.75, 3.05) is 20.1 Å². The Labute approximate surface area is 134 Å². The van der Waals surface area contributed by atoms with Crippen molar-refractivity contribution in [3.8, 4) is 0 Å². The summed E-state index contributed by atoms with van der Waals surface area (Å²) in [6.45, 7) is 6.51. The number of aromatic nitrogens is 1. The highest BCUT2D eigenvalue weighted by molar-refractivity contribution is 7.09. The summed E-state index contributed by atoms with van der Waals surface area (Å²) in [5, 5.41) is 6.06. The van der Waals surface area contributed by atoms with Gasteiger partial charge in [-0.2, -0.15) is 0 Å². The van der Waals surface area contributed by atoms with E-state index in [1.54, 1.807) is 18.4 Å². The van der Waals surface area contributed by atoms with Gasteiger partial charge in [-0.15, -0.1) is 11.3 Å². The van der Waals surface area contributed by atoms with E-state index in [0.717, 1.165) is 43.2 Å². The largest absolute Gasteiger partial charge is 0.324 e. The molecule has 3 heterocycles. The molecule has 2 saturated heterocycles. The van der Waals surface area contributed by atoms with Crippen LogP contribution in [-0.2, 0) is 11.3 Å². The third-order valence-corrected chi connectivity index (χ3v) is 5.62. The highest BCUT2D eigenvalue weighted by Crippen LogP contribution is 2.32. The van der Waals surface area contributed by atoms with Crippen LogP contribution in [0.15, 0.2) is 5.38 Å². The molecule has 2 fully saturated rings. The summed E-state index contributed by atoms with van der Waals surface area (Å²) in [4.78, 5) is 32.3. The van der Waals surface area contributed by atoms with Gasteiger partial charge in [0.25, 0.3) is 5.91 Å². The van der Waals surface area contributed by atoms with Gasteiger partial charge in [-0.25, -0.2) is 9.78 Å². The normalized spacial score (nSPS) is 30.0. The molecular formula is C15H22N4O2S. The predicted molar refractivity (Wildman–Crippen MR) is 84.6 cm³/mol. The quantitative estimate of drug-likeness (QED) is 0.859. The molecule has 1 N–H and O–H groups in total. The topological polar surface area (TPSA) is 65.5 Å². The summed E-state index contributed by atoms with van der Waals surface area (Å²) < 4.78 is 0. The molecule has 0 radical (unpaired) electrons. The fraction of sp³-hybridized carbons (Fsp3) is 0.667. The maximum atomic E-state index is 12.4. The molecule has 0 aliphatic carbocycles. The first-order valence-electron chi connectivity index (χ1n) is 7.64. The van der Waals surface area contributed by atoms with E-state index < -0.39 is 5.54 Å². The second kappa shape index (κ2) is 5.62. The van der Waals surface area contributed by atoms with E-state index in [-0.39, 0.29) is 17.9 Å². The Bertz CT molecular complexity index is 602. The molecule has 1 aromatic heterocycles. The number of aryl methyl sites for hydroxylation is 1. The Kier molecular flexibility index (Phi) is 3.94. The van der Waals surface area contributed by atoms with Gasteiger partial charge in [0.15, 0.2) is 0 Å². The van der Waals surface area contributed by atoms with Crippen LogP contribution < -0.4 is 5.32 Å². The lowest BCUT2D eigenvalue weighted by Crippen LogP contribution is -2.55. The Hall–Kier alpha value is -1.47. The number of thiazole rings is 1. The zero-order chi connectivity index (χ0) is 15.9. The smallest absolute Gasteiger partial charge is 0.323 e. The van der Waals surface area contributed by atoms with Crippen LogP contribution in [0.4, 0.5) is 4.79 Å². The van der Waals surface area contributed by atoms with Crippen molar-refractivity contribution in [1.82, 2.24) is 20.1 Å². The van der Waals surface area contributed by atoms with E-state index >= 15 is 0 Å². The first-order chi connectivity index (χ1) is 10.4. The van der Waals surface area contributed by atoms with Crippen LogP contribution in [-0.4, -0.2) is 52.4 Å². The second-order valence-corrected chi connectivity index (χ2v) is 7.49. The van der Waals surface area contributed by atoms with Gasteiger partial charge < -0.3 is 5.32 Å². The molecule has 2 aliphatic rings. The fourth-order valence-electron chi connectivity index (χ4n) is 3.46. The maximum Gasteiger partial charge on any atom is 0.324 e. The first-order valence-corrected chi connectivity index (χ1v) is 8.52. The molecule has 3 amide bonds. The first kappa shape index (κ1) is 15.4. The maximum absolute atomic E-state index is 12.4. The summed E-state index contributed by atoms with van der Waals surface area (Å²) in [5.41, 5.74) is 0.315. The van der Waals surface area contributed by atoms with Gasteiger partial charge in [0.05, 0.1) is 10.7 Å². The number of imide groups is 1. The average Bonchev–Trinajstić information content (AvgIpc) is 2.98. The summed E-state index contributed by atoms with van der Waals surface area (Å²) >= 11 is 1.66. The molecular weight excluding hydrogens is 300 g/mol. The number of amides is 3. The number of urea groups is 1. The molecule has 1 aromatic rings. The van der Waals surface area contributed by atoms with E-state index in [0.29, 0.717) is 0 Å². The lowest BCUT2D eigenvalue weighted by molar-refractivity contribution is -0.132. The van der Waals surface area contributed by atoms with Gasteiger partial charge in [0.2, 0.25) is 0 Å². The zero-order valence-electron chi connectivity index (χ0n) is 13.3. The minimum Gasteiger partial charge on any atom is -0.323 e. The van der Waals surface area contributed by atoms with Crippen molar-refractivity contribution in [1.29, 1.82) is 0 Å². The molecule has 7 heteroatoms. The van der Waals surface area contributed by atoms with Crippen LogP contribution in [0.1, 0.15) is 30.5 Å². The van der Waals surface area contributed by atoms with Crippen molar-refractivity contribution in [2.45, 2.75) is 38.8 Å². The van der Waals surface area contributed by atoms with Gasteiger partial charge in [-0.05, 0) is 33.2 Å². The number of carbonyl (C=O) groups excluding carboxylic acids is 2. The number of hydrogen-bond donors (Lipinski definition) is 1. The SMILES string of the molecule is Cc1nc(CN2CCC[C@@H]([C@]3(C)NC(=O)N(C)C3=O)C2)cs1. The third kappa shape index (κ3) is 2.63. The molecule has 2 atom stereocenters. The number of nitrogens with zero attached hydrogens (tertiary/aromatic N) is 3. The molecule has 22 heavy (non-hydrogen) atoms. The summed E-state index contributed by atoms with van der Waals surface area (Å²) in [5.74, 6) is 0.0243. The van der Waals surface area contributed by atoms with Crippen molar-refractivity contribution in [3.63, 3.8) is 0 Å². The monoisotopic (exact) mass is 322 g/mol. The second-order valence-electron chi connectivity index (χ2n) is 6.43. The molecule has 0 saturated carbocycles. The fourth-order valence-corrected chi connectivity index (χ4v) is 4.06. The molecule has 0 aromatic carbocycles. The number of piperidine rings is 1. The van der Waals surface area contributed by atoms with Crippen LogP contribution in [0.25, 0.3) is 0 Å². The molecule has 0 bridgehead atoms. The number of rotatable bonds is 3. The Morgan fingerprint density at radius 3 is 2.86 bits per heavy atom. The minimum absolute atomic E-state index is 0.117. The van der Waals surface area contributed by atoms with E-state index in [2.05, 4.69) is 20.6 Å².